The van der Waals surface area contributed by atoms with Gasteiger partial charge in [-0.1, -0.05) is 6.07 Å². The molecule has 0 saturated heterocycles. The molecule has 0 aromatic heterocycles. The number of ether oxygens (including phenoxy) is 2. The Morgan fingerprint density at radius 2 is 1.75 bits per heavy atom. The van der Waals surface area contributed by atoms with Gasteiger partial charge in [-0.2, -0.15) is 0 Å². The van der Waals surface area contributed by atoms with Gasteiger partial charge in [0.05, 0.1) is 14.2 Å². The zero-order valence-corrected chi connectivity index (χ0v) is 12.4. The molecule has 20 heavy (non-hydrogen) atoms. The minimum absolute atomic E-state index is 0.122. The number of amides is 1. The van der Waals surface area contributed by atoms with Crippen molar-refractivity contribution < 1.29 is 19.4 Å². The number of aliphatic hydroxyl groups is 1. The number of carbonyl (C=O) groups is 1. The topological polar surface area (TPSA) is 59.0 Å². The Hall–Kier alpha value is -1.75. The predicted molar refractivity (Wildman–Crippen MR) is 77.4 cm³/mol. The molecular formula is C15H23NO4. The van der Waals surface area contributed by atoms with Crippen molar-refractivity contribution in [2.45, 2.75) is 19.3 Å². The number of aliphatic hydroxyl groups excluding tert-OH is 1. The van der Waals surface area contributed by atoms with Crippen molar-refractivity contribution in [3.05, 3.63) is 23.8 Å². The van der Waals surface area contributed by atoms with Gasteiger partial charge in [-0.05, 0) is 31.4 Å². The summed E-state index contributed by atoms with van der Waals surface area (Å²) < 4.78 is 10.5. The Labute approximate surface area is 120 Å². The van der Waals surface area contributed by atoms with Gasteiger partial charge in [0.1, 0.15) is 17.1 Å². The third-order valence-corrected chi connectivity index (χ3v) is 3.14. The first kappa shape index (κ1) is 16.3. The van der Waals surface area contributed by atoms with E-state index in [1.54, 1.807) is 30.1 Å². The van der Waals surface area contributed by atoms with Crippen molar-refractivity contribution in [3.63, 3.8) is 0 Å². The molecule has 0 aliphatic heterocycles. The molecule has 112 valence electrons. The van der Waals surface area contributed by atoms with Crippen LogP contribution in [0.4, 0.5) is 0 Å². The van der Waals surface area contributed by atoms with E-state index in [0.29, 0.717) is 23.6 Å². The van der Waals surface area contributed by atoms with Crippen LogP contribution < -0.4 is 9.47 Å². The molecule has 5 heteroatoms. The third kappa shape index (κ3) is 4.13. The highest BCUT2D eigenvalue weighted by molar-refractivity contribution is 5.99. The normalized spacial score (nSPS) is 10.2. The van der Waals surface area contributed by atoms with Gasteiger partial charge in [-0.15, -0.1) is 0 Å². The first-order valence-corrected chi connectivity index (χ1v) is 6.73. The van der Waals surface area contributed by atoms with E-state index in [1.807, 2.05) is 0 Å². The zero-order valence-electron chi connectivity index (χ0n) is 12.4. The number of benzene rings is 1. The molecule has 1 N–H and O–H groups in total. The van der Waals surface area contributed by atoms with Crippen molar-refractivity contribution in [1.29, 1.82) is 0 Å². The van der Waals surface area contributed by atoms with Crippen molar-refractivity contribution in [1.82, 2.24) is 4.90 Å². The fourth-order valence-corrected chi connectivity index (χ4v) is 1.99. The van der Waals surface area contributed by atoms with Gasteiger partial charge in [-0.3, -0.25) is 4.79 Å². The maximum Gasteiger partial charge on any atom is 0.261 e. The summed E-state index contributed by atoms with van der Waals surface area (Å²) in [5, 5.41) is 8.74. The second-order valence-corrected chi connectivity index (χ2v) is 4.55. The molecule has 0 fully saturated rings. The largest absolute Gasteiger partial charge is 0.496 e. The smallest absolute Gasteiger partial charge is 0.261 e. The summed E-state index contributed by atoms with van der Waals surface area (Å²) in [6, 6.07) is 5.28. The second kappa shape index (κ2) is 8.43. The molecule has 0 heterocycles. The van der Waals surface area contributed by atoms with E-state index < -0.39 is 0 Å². The standard InChI is InChI=1S/C15H23NO4/c1-16(10-5-4-6-11-17)15(18)14-12(19-2)8-7-9-13(14)20-3/h7-9,17H,4-6,10-11H2,1-3H3. The quantitative estimate of drug-likeness (QED) is 0.740. The first-order valence-electron chi connectivity index (χ1n) is 6.73. The molecule has 0 spiro atoms. The molecule has 0 radical (unpaired) electrons. The van der Waals surface area contributed by atoms with Crippen molar-refractivity contribution >= 4 is 5.91 Å². The van der Waals surface area contributed by atoms with Crippen LogP contribution in [0.5, 0.6) is 11.5 Å². The Morgan fingerprint density at radius 3 is 2.25 bits per heavy atom. The molecule has 1 rings (SSSR count). The highest BCUT2D eigenvalue weighted by Gasteiger charge is 2.21. The predicted octanol–water partition coefficient (Wildman–Crippen LogP) is 1.94. The Balaban J connectivity index is 2.80. The summed E-state index contributed by atoms with van der Waals surface area (Å²) in [5.41, 5.74) is 0.446. The number of unbranched alkanes of at least 4 members (excludes halogenated alkanes) is 2. The minimum Gasteiger partial charge on any atom is -0.496 e. The average Bonchev–Trinajstić information content (AvgIpc) is 2.49. The number of hydrogen-bond donors (Lipinski definition) is 1. The van der Waals surface area contributed by atoms with Crippen LogP contribution in [0.1, 0.15) is 29.6 Å². The molecule has 0 atom stereocenters. The zero-order chi connectivity index (χ0) is 15.0. The molecule has 0 bridgehead atoms. The van der Waals surface area contributed by atoms with Crippen LogP contribution in [0.15, 0.2) is 18.2 Å². The summed E-state index contributed by atoms with van der Waals surface area (Å²) in [7, 11) is 4.83. The average molecular weight is 281 g/mol. The van der Waals surface area contributed by atoms with E-state index in [9.17, 15) is 4.79 Å². The monoisotopic (exact) mass is 281 g/mol. The summed E-state index contributed by atoms with van der Waals surface area (Å²) in [6.07, 6.45) is 2.53. The van der Waals surface area contributed by atoms with E-state index >= 15 is 0 Å². The van der Waals surface area contributed by atoms with Gasteiger partial charge in [-0.25, -0.2) is 0 Å². The molecule has 1 aromatic carbocycles. The fourth-order valence-electron chi connectivity index (χ4n) is 1.99. The number of hydrogen-bond acceptors (Lipinski definition) is 4. The molecule has 0 aliphatic rings. The van der Waals surface area contributed by atoms with Crippen LogP contribution in [0.3, 0.4) is 0 Å². The van der Waals surface area contributed by atoms with Gasteiger partial charge >= 0.3 is 0 Å². The molecule has 1 aromatic rings. The lowest BCUT2D eigenvalue weighted by Crippen LogP contribution is -2.28. The van der Waals surface area contributed by atoms with E-state index in [4.69, 9.17) is 14.6 Å². The lowest BCUT2D eigenvalue weighted by Gasteiger charge is -2.20. The lowest BCUT2D eigenvalue weighted by atomic mass is 10.1. The van der Waals surface area contributed by atoms with Crippen molar-refractivity contribution in [3.8, 4) is 11.5 Å². The third-order valence-electron chi connectivity index (χ3n) is 3.14. The summed E-state index contributed by atoms with van der Waals surface area (Å²) in [4.78, 5) is 14.1. The van der Waals surface area contributed by atoms with Crippen LogP contribution in [-0.2, 0) is 0 Å². The molecular weight excluding hydrogens is 258 g/mol. The van der Waals surface area contributed by atoms with E-state index in [1.165, 1.54) is 14.2 Å². The van der Waals surface area contributed by atoms with Gasteiger partial charge < -0.3 is 19.5 Å². The van der Waals surface area contributed by atoms with E-state index in [2.05, 4.69) is 0 Å². The Kier molecular flexibility index (Phi) is 6.87. The number of rotatable bonds is 8. The van der Waals surface area contributed by atoms with E-state index in [-0.39, 0.29) is 12.5 Å². The fraction of sp³-hybridized carbons (Fsp3) is 0.533. The Morgan fingerprint density at radius 1 is 1.15 bits per heavy atom. The number of carbonyl (C=O) groups excluding carboxylic acids is 1. The summed E-state index contributed by atoms with van der Waals surface area (Å²) in [5.74, 6) is 0.899. The molecule has 1 amide bonds. The maximum absolute atomic E-state index is 12.5. The van der Waals surface area contributed by atoms with E-state index in [0.717, 1.165) is 19.3 Å². The maximum atomic E-state index is 12.5. The molecule has 0 aliphatic carbocycles. The molecule has 0 saturated carbocycles. The first-order chi connectivity index (χ1) is 9.65. The summed E-state index contributed by atoms with van der Waals surface area (Å²) in [6.45, 7) is 0.831. The van der Waals surface area contributed by atoms with Crippen LogP contribution >= 0.6 is 0 Å². The highest BCUT2D eigenvalue weighted by atomic mass is 16.5. The van der Waals surface area contributed by atoms with Gasteiger partial charge in [0, 0.05) is 20.2 Å². The van der Waals surface area contributed by atoms with Crippen molar-refractivity contribution in [2.75, 3.05) is 34.4 Å². The number of nitrogens with zero attached hydrogens (tertiary/aromatic N) is 1. The molecule has 5 nitrogen and oxygen atoms in total. The van der Waals surface area contributed by atoms with Crippen LogP contribution in [-0.4, -0.2) is 50.3 Å². The van der Waals surface area contributed by atoms with Crippen LogP contribution in [0, 0.1) is 0 Å². The van der Waals surface area contributed by atoms with Gasteiger partial charge in [0.2, 0.25) is 0 Å². The minimum atomic E-state index is -0.122. The second-order valence-electron chi connectivity index (χ2n) is 4.55. The van der Waals surface area contributed by atoms with Crippen LogP contribution in [0.2, 0.25) is 0 Å². The van der Waals surface area contributed by atoms with Gasteiger partial charge in [0.25, 0.3) is 5.91 Å². The van der Waals surface area contributed by atoms with Crippen molar-refractivity contribution in [2.24, 2.45) is 0 Å². The van der Waals surface area contributed by atoms with Crippen LogP contribution in [0.25, 0.3) is 0 Å². The number of methoxy groups -OCH3 is 2. The SMILES string of the molecule is COc1cccc(OC)c1C(=O)N(C)CCCCCO. The molecule has 0 unspecified atom stereocenters. The Bertz CT molecular complexity index is 412. The summed E-state index contributed by atoms with van der Waals surface area (Å²) >= 11 is 0. The van der Waals surface area contributed by atoms with Gasteiger partial charge in [0.15, 0.2) is 0 Å². The lowest BCUT2D eigenvalue weighted by molar-refractivity contribution is 0.0785. The highest BCUT2D eigenvalue weighted by Crippen LogP contribution is 2.29.